The molecular formula is C19H19ClN2O4S. The summed E-state index contributed by atoms with van der Waals surface area (Å²) in [5.74, 6) is 0.582. The number of halogens is 1. The molecule has 27 heavy (non-hydrogen) atoms. The number of hydrazone groups is 1. The van der Waals surface area contributed by atoms with E-state index in [4.69, 9.17) is 16.3 Å². The van der Waals surface area contributed by atoms with Crippen molar-refractivity contribution in [3.8, 4) is 5.75 Å². The summed E-state index contributed by atoms with van der Waals surface area (Å²) in [6.07, 6.45) is 1.89. The lowest BCUT2D eigenvalue weighted by Gasteiger charge is -2.04. The lowest BCUT2D eigenvalue weighted by molar-refractivity contribution is -0.142. The molecule has 2 rings (SSSR count). The van der Waals surface area contributed by atoms with Gasteiger partial charge in [0.1, 0.15) is 5.75 Å². The van der Waals surface area contributed by atoms with Crippen LogP contribution < -0.4 is 10.2 Å². The molecule has 1 N–H and O–H groups in total. The van der Waals surface area contributed by atoms with Crippen LogP contribution in [0.2, 0.25) is 5.02 Å². The molecule has 0 saturated heterocycles. The second kappa shape index (κ2) is 11.3. The molecule has 0 aliphatic heterocycles. The van der Waals surface area contributed by atoms with Gasteiger partial charge in [-0.3, -0.25) is 4.79 Å². The number of benzene rings is 2. The van der Waals surface area contributed by atoms with Crippen LogP contribution in [0.25, 0.3) is 0 Å². The van der Waals surface area contributed by atoms with Crippen LogP contribution in [0.15, 0.2) is 58.5 Å². The van der Waals surface area contributed by atoms with Gasteiger partial charge in [-0.1, -0.05) is 11.6 Å². The Kier molecular flexibility index (Phi) is 8.67. The highest BCUT2D eigenvalue weighted by Gasteiger charge is 2.02. The highest BCUT2D eigenvalue weighted by Crippen LogP contribution is 2.20. The maximum Gasteiger partial charge on any atom is 0.343 e. The van der Waals surface area contributed by atoms with Gasteiger partial charge >= 0.3 is 5.97 Å². The number of carbonyl (C=O) groups is 2. The summed E-state index contributed by atoms with van der Waals surface area (Å²) in [5.41, 5.74) is 3.28. The van der Waals surface area contributed by atoms with Crippen molar-refractivity contribution in [2.24, 2.45) is 5.10 Å². The monoisotopic (exact) mass is 406 g/mol. The van der Waals surface area contributed by atoms with Crippen molar-refractivity contribution in [2.45, 2.75) is 11.3 Å². The Morgan fingerprint density at radius 2 is 1.85 bits per heavy atom. The van der Waals surface area contributed by atoms with Gasteiger partial charge in [-0.25, -0.2) is 10.2 Å². The quantitative estimate of drug-likeness (QED) is 0.298. The number of ether oxygens (including phenoxy) is 2. The van der Waals surface area contributed by atoms with Gasteiger partial charge in [-0.2, -0.15) is 5.10 Å². The Balaban J connectivity index is 1.68. The third-order valence-corrected chi connectivity index (χ3v) is 4.54. The Morgan fingerprint density at radius 3 is 2.52 bits per heavy atom. The number of nitrogens with one attached hydrogen (secondary N) is 1. The molecule has 0 bridgehead atoms. The third-order valence-electron chi connectivity index (χ3n) is 3.28. The van der Waals surface area contributed by atoms with Gasteiger partial charge in [0.15, 0.2) is 6.61 Å². The number of rotatable bonds is 9. The Labute approximate surface area is 166 Å². The molecule has 0 fully saturated rings. The molecule has 2 aromatic rings. The number of hydrogen-bond acceptors (Lipinski definition) is 6. The number of methoxy groups -OCH3 is 1. The zero-order chi connectivity index (χ0) is 19.5. The molecule has 1 amide bonds. The standard InChI is InChI=1S/C19H19ClN2O4S/c1-25-19(24)13-26-16-6-2-14(3-7-16)12-21-22-18(23)10-11-27-17-8-4-15(20)5-9-17/h2-9,12H,10-11,13H2,1H3,(H,22,23)/b21-12+. The summed E-state index contributed by atoms with van der Waals surface area (Å²) < 4.78 is 9.74. The number of esters is 1. The average molecular weight is 407 g/mol. The Morgan fingerprint density at radius 1 is 1.15 bits per heavy atom. The van der Waals surface area contributed by atoms with Gasteiger partial charge in [0, 0.05) is 22.1 Å². The summed E-state index contributed by atoms with van der Waals surface area (Å²) in [5, 5.41) is 4.62. The van der Waals surface area contributed by atoms with Crippen molar-refractivity contribution in [3.05, 3.63) is 59.1 Å². The fourth-order valence-corrected chi connectivity index (χ4v) is 2.86. The van der Waals surface area contributed by atoms with E-state index in [1.165, 1.54) is 13.3 Å². The normalized spacial score (nSPS) is 10.6. The molecule has 0 spiro atoms. The Hall–Kier alpha value is -2.51. The second-order valence-electron chi connectivity index (χ2n) is 5.28. The summed E-state index contributed by atoms with van der Waals surface area (Å²) in [4.78, 5) is 23.9. The molecule has 6 nitrogen and oxygen atoms in total. The first-order valence-corrected chi connectivity index (χ1v) is 9.43. The van der Waals surface area contributed by atoms with Crippen LogP contribution in [-0.2, 0) is 14.3 Å². The maximum absolute atomic E-state index is 11.8. The molecule has 0 aliphatic rings. The van der Waals surface area contributed by atoms with Gasteiger partial charge in [-0.15, -0.1) is 11.8 Å². The van der Waals surface area contributed by atoms with Crippen molar-refractivity contribution in [1.29, 1.82) is 0 Å². The molecule has 8 heteroatoms. The van der Waals surface area contributed by atoms with Crippen LogP contribution in [-0.4, -0.2) is 37.6 Å². The van der Waals surface area contributed by atoms with Crippen LogP contribution in [0, 0.1) is 0 Å². The number of amides is 1. The van der Waals surface area contributed by atoms with E-state index in [0.717, 1.165) is 10.5 Å². The maximum atomic E-state index is 11.8. The lowest BCUT2D eigenvalue weighted by atomic mass is 10.2. The van der Waals surface area contributed by atoms with Crippen LogP contribution in [0.1, 0.15) is 12.0 Å². The fraction of sp³-hybridized carbons (Fsp3) is 0.211. The third kappa shape index (κ3) is 8.15. The summed E-state index contributed by atoms with van der Waals surface area (Å²) in [6, 6.07) is 14.4. The predicted molar refractivity (Wildman–Crippen MR) is 106 cm³/mol. The first-order valence-electron chi connectivity index (χ1n) is 8.07. The molecule has 0 radical (unpaired) electrons. The molecule has 0 atom stereocenters. The van der Waals surface area contributed by atoms with E-state index in [9.17, 15) is 9.59 Å². The van der Waals surface area contributed by atoms with E-state index < -0.39 is 5.97 Å². The summed E-state index contributed by atoms with van der Waals surface area (Å²) in [6.45, 7) is -0.145. The number of hydrogen-bond donors (Lipinski definition) is 1. The van der Waals surface area contributed by atoms with Crippen molar-refractivity contribution in [1.82, 2.24) is 5.43 Å². The minimum atomic E-state index is -0.447. The number of thioether (sulfide) groups is 1. The molecule has 0 saturated carbocycles. The van der Waals surface area contributed by atoms with Crippen LogP contribution in [0.5, 0.6) is 5.75 Å². The molecule has 2 aromatic carbocycles. The van der Waals surface area contributed by atoms with Gasteiger partial charge in [0.05, 0.1) is 13.3 Å². The zero-order valence-electron chi connectivity index (χ0n) is 14.7. The zero-order valence-corrected chi connectivity index (χ0v) is 16.3. The van der Waals surface area contributed by atoms with E-state index in [-0.39, 0.29) is 12.5 Å². The van der Waals surface area contributed by atoms with Crippen LogP contribution in [0.3, 0.4) is 0 Å². The minimum Gasteiger partial charge on any atom is -0.482 e. The largest absolute Gasteiger partial charge is 0.482 e. The molecule has 0 heterocycles. The molecule has 142 valence electrons. The van der Waals surface area contributed by atoms with Gasteiger partial charge in [-0.05, 0) is 54.1 Å². The van der Waals surface area contributed by atoms with E-state index in [1.54, 1.807) is 36.0 Å². The van der Waals surface area contributed by atoms with Gasteiger partial charge in [0.25, 0.3) is 0 Å². The Bertz CT molecular complexity index is 779. The average Bonchev–Trinajstić information content (AvgIpc) is 2.68. The lowest BCUT2D eigenvalue weighted by Crippen LogP contribution is -2.17. The SMILES string of the molecule is COC(=O)COc1ccc(/C=N/NC(=O)CCSc2ccc(Cl)cc2)cc1. The van der Waals surface area contributed by atoms with E-state index >= 15 is 0 Å². The van der Waals surface area contributed by atoms with E-state index in [1.807, 2.05) is 24.3 Å². The predicted octanol–water partition coefficient (Wildman–Crippen LogP) is 3.52. The van der Waals surface area contributed by atoms with E-state index in [2.05, 4.69) is 15.3 Å². The molecule has 0 aliphatic carbocycles. The van der Waals surface area contributed by atoms with Crippen molar-refractivity contribution in [3.63, 3.8) is 0 Å². The highest BCUT2D eigenvalue weighted by atomic mass is 35.5. The number of carbonyl (C=O) groups excluding carboxylic acids is 2. The number of nitrogens with zero attached hydrogens (tertiary/aromatic N) is 1. The van der Waals surface area contributed by atoms with Crippen molar-refractivity contribution in [2.75, 3.05) is 19.5 Å². The first-order chi connectivity index (χ1) is 13.1. The second-order valence-corrected chi connectivity index (χ2v) is 6.88. The molecular weight excluding hydrogens is 388 g/mol. The molecule has 0 aromatic heterocycles. The summed E-state index contributed by atoms with van der Waals surface area (Å²) in [7, 11) is 1.30. The smallest absolute Gasteiger partial charge is 0.343 e. The van der Waals surface area contributed by atoms with E-state index in [0.29, 0.717) is 22.9 Å². The highest BCUT2D eigenvalue weighted by molar-refractivity contribution is 7.99. The van der Waals surface area contributed by atoms with Crippen molar-refractivity contribution < 1.29 is 19.1 Å². The van der Waals surface area contributed by atoms with Gasteiger partial charge < -0.3 is 9.47 Å². The summed E-state index contributed by atoms with van der Waals surface area (Å²) >= 11 is 7.41. The topological polar surface area (TPSA) is 77.0 Å². The van der Waals surface area contributed by atoms with Crippen molar-refractivity contribution >= 4 is 41.5 Å². The fourth-order valence-electron chi connectivity index (χ4n) is 1.88. The first kappa shape index (κ1) is 20.8. The van der Waals surface area contributed by atoms with Gasteiger partial charge in [0.2, 0.25) is 5.91 Å². The molecule has 0 unspecified atom stereocenters. The minimum absolute atomic E-state index is 0.145. The van der Waals surface area contributed by atoms with Crippen LogP contribution >= 0.6 is 23.4 Å². The van der Waals surface area contributed by atoms with Crippen LogP contribution in [0.4, 0.5) is 0 Å².